The molecule has 0 saturated carbocycles. The van der Waals surface area contributed by atoms with Gasteiger partial charge in [-0.15, -0.1) is 9.24 Å². The average Bonchev–Trinajstić information content (AvgIpc) is 2.80. The van der Waals surface area contributed by atoms with E-state index < -0.39 is 0 Å². The molecule has 1 aromatic carbocycles. The molecule has 1 aromatic heterocycles. The van der Waals surface area contributed by atoms with Crippen molar-refractivity contribution in [2.75, 3.05) is 11.4 Å². The summed E-state index contributed by atoms with van der Waals surface area (Å²) in [6.07, 6.45) is 4.05. The van der Waals surface area contributed by atoms with Gasteiger partial charge < -0.3 is 10.0 Å². The molecule has 4 heteroatoms. The highest BCUT2D eigenvalue weighted by molar-refractivity contribution is 7.28. The Balaban J connectivity index is 2.10. The number of hydrogen-bond donors (Lipinski definition) is 1. The van der Waals surface area contributed by atoms with Crippen molar-refractivity contribution >= 4 is 20.4 Å². The van der Waals surface area contributed by atoms with E-state index in [9.17, 15) is 5.11 Å². The highest BCUT2D eigenvalue weighted by atomic mass is 31.0. The minimum Gasteiger partial charge on any atom is -0.504 e. The molecule has 1 aliphatic heterocycles. The Morgan fingerprint density at radius 2 is 1.95 bits per heavy atom. The Labute approximate surface area is 128 Å². The van der Waals surface area contributed by atoms with Gasteiger partial charge in [0, 0.05) is 23.8 Å². The zero-order valence-corrected chi connectivity index (χ0v) is 13.7. The van der Waals surface area contributed by atoms with Crippen molar-refractivity contribution in [3.63, 3.8) is 0 Å². The Morgan fingerprint density at radius 3 is 2.62 bits per heavy atom. The van der Waals surface area contributed by atoms with Gasteiger partial charge in [-0.2, -0.15) is 0 Å². The van der Waals surface area contributed by atoms with Crippen molar-refractivity contribution in [1.82, 2.24) is 4.98 Å². The van der Waals surface area contributed by atoms with Gasteiger partial charge in [0.2, 0.25) is 0 Å². The van der Waals surface area contributed by atoms with Crippen LogP contribution in [0.15, 0.2) is 36.5 Å². The minimum absolute atomic E-state index is 0.0452. The first kappa shape index (κ1) is 14.3. The highest BCUT2D eigenvalue weighted by Crippen LogP contribution is 2.41. The largest absolute Gasteiger partial charge is 0.504 e. The van der Waals surface area contributed by atoms with E-state index in [2.05, 4.69) is 33.0 Å². The van der Waals surface area contributed by atoms with Crippen LogP contribution in [0.25, 0.3) is 11.1 Å². The van der Waals surface area contributed by atoms with Crippen LogP contribution in [0.2, 0.25) is 0 Å². The molecule has 1 unspecified atom stereocenters. The number of aromatic hydroxyl groups is 1. The maximum atomic E-state index is 10.7. The second-order valence-electron chi connectivity index (χ2n) is 6.19. The van der Waals surface area contributed by atoms with Crippen LogP contribution in [0.5, 0.6) is 5.75 Å². The quantitative estimate of drug-likeness (QED) is 0.864. The van der Waals surface area contributed by atoms with Gasteiger partial charge in [0.15, 0.2) is 11.6 Å². The summed E-state index contributed by atoms with van der Waals surface area (Å²) in [4.78, 5) is 6.66. The first-order chi connectivity index (χ1) is 10.0. The zero-order chi connectivity index (χ0) is 15.0. The number of anilines is 1. The molecule has 1 aliphatic rings. The third-order valence-electron chi connectivity index (χ3n) is 4.31. The molecular weight excluding hydrogens is 279 g/mol. The molecular formula is C17H21N2OP. The van der Waals surface area contributed by atoms with Crippen LogP contribution in [-0.4, -0.2) is 22.2 Å². The molecule has 21 heavy (non-hydrogen) atoms. The first-order valence-corrected chi connectivity index (χ1v) is 7.89. The zero-order valence-electron chi connectivity index (χ0n) is 12.5. The first-order valence-electron chi connectivity index (χ1n) is 7.31. The van der Waals surface area contributed by atoms with Crippen molar-refractivity contribution in [3.05, 3.63) is 36.5 Å². The molecule has 110 valence electrons. The lowest BCUT2D eigenvalue weighted by Gasteiger charge is -2.33. The van der Waals surface area contributed by atoms with E-state index in [1.165, 1.54) is 0 Å². The number of benzene rings is 1. The lowest BCUT2D eigenvalue weighted by atomic mass is 10.0. The Kier molecular flexibility index (Phi) is 3.62. The fraction of sp³-hybridized carbons (Fsp3) is 0.353. The molecule has 0 bridgehead atoms. The van der Waals surface area contributed by atoms with Crippen molar-refractivity contribution in [2.24, 2.45) is 0 Å². The summed E-state index contributed by atoms with van der Waals surface area (Å²) in [5.74, 6) is 0.977. The Hall–Kier alpha value is -1.60. The predicted molar refractivity (Wildman–Crippen MR) is 91.3 cm³/mol. The molecule has 0 radical (unpaired) electrons. The fourth-order valence-electron chi connectivity index (χ4n) is 3.10. The Morgan fingerprint density at radius 1 is 1.19 bits per heavy atom. The molecule has 3 rings (SSSR count). The van der Waals surface area contributed by atoms with Gasteiger partial charge in [0.1, 0.15) is 0 Å². The van der Waals surface area contributed by atoms with Crippen LogP contribution in [-0.2, 0) is 0 Å². The van der Waals surface area contributed by atoms with Crippen LogP contribution < -0.4 is 10.2 Å². The summed E-state index contributed by atoms with van der Waals surface area (Å²) in [6, 6.07) is 9.91. The van der Waals surface area contributed by atoms with E-state index >= 15 is 0 Å². The summed E-state index contributed by atoms with van der Waals surface area (Å²) in [6.45, 7) is 5.36. The van der Waals surface area contributed by atoms with Crippen LogP contribution >= 0.6 is 9.24 Å². The standard InChI is InChI=1S/C17H21N2OP/c1-17(2)9-5-11-19(17)16-15(20)13(8-10-18-16)12-6-3-4-7-14(12)21/h3-4,6-8,10,20H,5,9,11,21H2,1-2H3. The van der Waals surface area contributed by atoms with Crippen molar-refractivity contribution in [3.8, 4) is 16.9 Å². The molecule has 0 aliphatic carbocycles. The number of nitrogens with zero attached hydrogens (tertiary/aromatic N) is 2. The van der Waals surface area contributed by atoms with E-state index in [-0.39, 0.29) is 11.3 Å². The number of aromatic nitrogens is 1. The van der Waals surface area contributed by atoms with Crippen LogP contribution in [0.4, 0.5) is 5.82 Å². The molecule has 0 amide bonds. The number of rotatable bonds is 2. The van der Waals surface area contributed by atoms with Gasteiger partial charge in [-0.3, -0.25) is 0 Å². The molecule has 3 nitrogen and oxygen atoms in total. The van der Waals surface area contributed by atoms with Gasteiger partial charge in [0.25, 0.3) is 0 Å². The molecule has 0 spiro atoms. The fourth-order valence-corrected chi connectivity index (χ4v) is 3.46. The molecule has 2 heterocycles. The number of hydrogen-bond acceptors (Lipinski definition) is 3. The summed E-state index contributed by atoms with van der Waals surface area (Å²) < 4.78 is 0. The maximum Gasteiger partial charge on any atom is 0.172 e. The molecule has 1 N–H and O–H groups in total. The van der Waals surface area contributed by atoms with Crippen molar-refractivity contribution in [2.45, 2.75) is 32.2 Å². The molecule has 1 atom stereocenters. The topological polar surface area (TPSA) is 36.4 Å². The summed E-state index contributed by atoms with van der Waals surface area (Å²) in [5.41, 5.74) is 1.91. The second-order valence-corrected chi connectivity index (χ2v) is 6.81. The lowest BCUT2D eigenvalue weighted by Crippen LogP contribution is -2.38. The normalized spacial score (nSPS) is 17.2. The summed E-state index contributed by atoms with van der Waals surface area (Å²) >= 11 is 0. The van der Waals surface area contributed by atoms with E-state index in [4.69, 9.17) is 0 Å². The summed E-state index contributed by atoms with van der Waals surface area (Å²) in [7, 11) is 2.73. The van der Waals surface area contributed by atoms with E-state index in [0.29, 0.717) is 5.82 Å². The smallest absolute Gasteiger partial charge is 0.172 e. The third-order valence-corrected chi connectivity index (χ3v) is 4.82. The minimum atomic E-state index is 0.0452. The third kappa shape index (κ3) is 2.51. The van der Waals surface area contributed by atoms with Gasteiger partial charge in [-0.25, -0.2) is 4.98 Å². The second kappa shape index (κ2) is 5.31. The van der Waals surface area contributed by atoms with Crippen molar-refractivity contribution in [1.29, 1.82) is 0 Å². The van der Waals surface area contributed by atoms with Crippen molar-refractivity contribution < 1.29 is 5.11 Å². The van der Waals surface area contributed by atoms with E-state index in [1.54, 1.807) is 6.20 Å². The molecule has 2 aromatic rings. The van der Waals surface area contributed by atoms with Crippen LogP contribution in [0.1, 0.15) is 26.7 Å². The SMILES string of the molecule is CC1(C)CCCN1c1nccc(-c2ccccc2P)c1O. The summed E-state index contributed by atoms with van der Waals surface area (Å²) in [5, 5.41) is 11.8. The number of pyridine rings is 1. The average molecular weight is 300 g/mol. The monoisotopic (exact) mass is 300 g/mol. The molecule has 1 fully saturated rings. The molecule has 1 saturated heterocycles. The van der Waals surface area contributed by atoms with Gasteiger partial charge in [-0.05, 0) is 43.6 Å². The van der Waals surface area contributed by atoms with E-state index in [1.807, 2.05) is 30.3 Å². The van der Waals surface area contributed by atoms with Gasteiger partial charge in [0.05, 0.1) is 0 Å². The van der Waals surface area contributed by atoms with Crippen LogP contribution in [0, 0.1) is 0 Å². The maximum absolute atomic E-state index is 10.7. The van der Waals surface area contributed by atoms with Gasteiger partial charge >= 0.3 is 0 Å². The lowest BCUT2D eigenvalue weighted by molar-refractivity contribution is 0.459. The highest BCUT2D eigenvalue weighted by Gasteiger charge is 2.34. The van der Waals surface area contributed by atoms with Crippen LogP contribution in [0.3, 0.4) is 0 Å². The Bertz CT molecular complexity index is 670. The predicted octanol–water partition coefficient (Wildman–Crippen LogP) is 3.33. The van der Waals surface area contributed by atoms with E-state index in [0.717, 1.165) is 35.8 Å². The van der Waals surface area contributed by atoms with Gasteiger partial charge in [-0.1, -0.05) is 24.3 Å².